The molecule has 0 spiro atoms. The van der Waals surface area contributed by atoms with E-state index in [0.717, 1.165) is 17.2 Å². The van der Waals surface area contributed by atoms with Crippen molar-refractivity contribution in [2.24, 2.45) is 11.5 Å². The zero-order valence-corrected chi connectivity index (χ0v) is 16.5. The molecule has 0 aliphatic heterocycles. The molecule has 0 fully saturated rings. The summed E-state index contributed by atoms with van der Waals surface area (Å²) >= 11 is 5.63. The highest BCUT2D eigenvalue weighted by Gasteiger charge is 2.35. The lowest BCUT2D eigenvalue weighted by molar-refractivity contribution is -0.508. The summed E-state index contributed by atoms with van der Waals surface area (Å²) in [6, 6.07) is 10.9. The van der Waals surface area contributed by atoms with Gasteiger partial charge in [-0.2, -0.15) is 0 Å². The average Bonchev–Trinajstić information content (AvgIpc) is 3.02. The van der Waals surface area contributed by atoms with Gasteiger partial charge < -0.3 is 15.2 Å². The van der Waals surface area contributed by atoms with Gasteiger partial charge >= 0.3 is 5.96 Å². The minimum atomic E-state index is -0.755. The molecule has 30 heavy (non-hydrogen) atoms. The quantitative estimate of drug-likeness (QED) is 0.186. The molecule has 10 heteroatoms. The number of Topliss-reactive ketones (excluding diaryl/α,β-unsaturated/α-hetero) is 1. The predicted molar refractivity (Wildman–Crippen MR) is 105 cm³/mol. The molecule has 2 atom stereocenters. The zero-order valence-electron chi connectivity index (χ0n) is 15.7. The van der Waals surface area contributed by atoms with Crippen LogP contribution in [0.4, 0.5) is 4.39 Å². The number of carbonyl (C=O) groups excluding carboxylic acids is 3. The Hall–Kier alpha value is -3.46. The molecule has 0 bridgehead atoms. The molecule has 1 amide bonds. The molecule has 2 aromatic rings. The summed E-state index contributed by atoms with van der Waals surface area (Å²) in [7, 11) is 0. The number of fused-ring (bicyclic) bond motifs is 1. The maximum atomic E-state index is 13.5. The monoisotopic (exact) mass is 434 g/mol. The van der Waals surface area contributed by atoms with Crippen LogP contribution in [-0.2, 0) is 27.2 Å². The third-order valence-electron chi connectivity index (χ3n) is 4.47. The summed E-state index contributed by atoms with van der Waals surface area (Å²) in [6.45, 7) is -0.500. The van der Waals surface area contributed by atoms with Gasteiger partial charge in [-0.05, 0) is 28.8 Å². The molecule has 8 nitrogen and oxygen atoms in total. The van der Waals surface area contributed by atoms with E-state index >= 15 is 0 Å². The lowest BCUT2D eigenvalue weighted by Crippen LogP contribution is -2.85. The first kappa shape index (κ1) is 22.8. The second kappa shape index (κ2) is 10.4. The number of carboxylic acid groups (broad SMARTS) is 1. The Balaban J connectivity index is 0.00000101. The number of halogens is 2. The first-order valence-corrected chi connectivity index (χ1v) is 9.20. The zero-order chi connectivity index (χ0) is 22.3. The molecule has 1 aliphatic rings. The van der Waals surface area contributed by atoms with Gasteiger partial charge in [0.25, 0.3) is 5.91 Å². The van der Waals surface area contributed by atoms with Crippen LogP contribution in [0.3, 0.4) is 0 Å². The van der Waals surface area contributed by atoms with Crippen LogP contribution in [-0.4, -0.2) is 30.2 Å². The van der Waals surface area contributed by atoms with Crippen molar-refractivity contribution in [3.8, 4) is 0 Å². The molecule has 0 saturated heterocycles. The van der Waals surface area contributed by atoms with E-state index in [-0.39, 0.29) is 23.4 Å². The SMILES string of the molecule is NC(N)=[NH+][C@H]1Cc2ccccc2[C@@H]1NC(=O)C(=O)Cc1ccc(Cl)c(F)c1.O=C[O-]. The van der Waals surface area contributed by atoms with Crippen molar-refractivity contribution in [2.75, 3.05) is 0 Å². The van der Waals surface area contributed by atoms with Gasteiger partial charge in [0.05, 0.1) is 11.1 Å². The maximum Gasteiger partial charge on any atom is 0.339 e. The van der Waals surface area contributed by atoms with Crippen LogP contribution < -0.4 is 26.9 Å². The number of nitrogens with one attached hydrogen (secondary N) is 2. The van der Waals surface area contributed by atoms with E-state index in [1.807, 2.05) is 24.3 Å². The maximum absolute atomic E-state index is 13.5. The van der Waals surface area contributed by atoms with Crippen molar-refractivity contribution in [1.82, 2.24) is 5.32 Å². The molecule has 158 valence electrons. The smallest absolute Gasteiger partial charge is 0.339 e. The van der Waals surface area contributed by atoms with Gasteiger partial charge in [0, 0.05) is 19.3 Å². The Labute approximate surface area is 176 Å². The van der Waals surface area contributed by atoms with Crippen LogP contribution in [0.1, 0.15) is 22.7 Å². The van der Waals surface area contributed by atoms with Gasteiger partial charge in [0.1, 0.15) is 11.9 Å². The minimum absolute atomic E-state index is 0.0371. The van der Waals surface area contributed by atoms with Gasteiger partial charge in [0.15, 0.2) is 0 Å². The molecule has 0 radical (unpaired) electrons. The number of hydrogen-bond donors (Lipinski definition) is 4. The second-order valence-corrected chi connectivity index (χ2v) is 6.91. The van der Waals surface area contributed by atoms with Crippen molar-refractivity contribution < 1.29 is 28.9 Å². The number of rotatable bonds is 5. The van der Waals surface area contributed by atoms with Crippen molar-refractivity contribution in [2.45, 2.75) is 24.9 Å². The average molecular weight is 435 g/mol. The Kier molecular flexibility index (Phi) is 7.88. The fourth-order valence-electron chi connectivity index (χ4n) is 3.26. The third kappa shape index (κ3) is 5.77. The highest BCUT2D eigenvalue weighted by molar-refractivity contribution is 6.36. The molecule has 0 aromatic heterocycles. The summed E-state index contributed by atoms with van der Waals surface area (Å²) in [6.07, 6.45) is 0.382. The van der Waals surface area contributed by atoms with E-state index in [1.54, 1.807) is 0 Å². The fraction of sp³-hybridized carbons (Fsp3) is 0.200. The number of ketones is 1. The molecular weight excluding hydrogens is 415 g/mol. The summed E-state index contributed by atoms with van der Waals surface area (Å²) < 4.78 is 13.5. The highest BCUT2D eigenvalue weighted by Crippen LogP contribution is 2.29. The van der Waals surface area contributed by atoms with Crippen LogP contribution in [0, 0.1) is 5.82 Å². The van der Waals surface area contributed by atoms with Crippen molar-refractivity contribution >= 4 is 35.7 Å². The van der Waals surface area contributed by atoms with E-state index in [4.69, 9.17) is 33.0 Å². The predicted octanol–water partition coefficient (Wildman–Crippen LogP) is -1.91. The van der Waals surface area contributed by atoms with Crippen LogP contribution in [0.25, 0.3) is 0 Å². The van der Waals surface area contributed by atoms with Gasteiger partial charge in [0.2, 0.25) is 5.78 Å². The summed E-state index contributed by atoms with van der Waals surface area (Å²) in [5.41, 5.74) is 13.4. The van der Waals surface area contributed by atoms with Crippen LogP contribution in [0.15, 0.2) is 42.5 Å². The van der Waals surface area contributed by atoms with Gasteiger partial charge in [-0.15, -0.1) is 0 Å². The van der Waals surface area contributed by atoms with Crippen LogP contribution in [0.2, 0.25) is 5.02 Å². The van der Waals surface area contributed by atoms with Gasteiger partial charge in [-0.3, -0.25) is 26.0 Å². The van der Waals surface area contributed by atoms with Crippen LogP contribution in [0.5, 0.6) is 0 Å². The lowest BCUT2D eigenvalue weighted by atomic mass is 10.1. The second-order valence-electron chi connectivity index (χ2n) is 6.50. The van der Waals surface area contributed by atoms with Gasteiger partial charge in [-0.1, -0.05) is 41.9 Å². The van der Waals surface area contributed by atoms with E-state index in [1.165, 1.54) is 12.1 Å². The fourth-order valence-corrected chi connectivity index (χ4v) is 3.38. The lowest BCUT2D eigenvalue weighted by Gasteiger charge is -2.18. The molecule has 3 rings (SSSR count). The first-order chi connectivity index (χ1) is 14.3. The Morgan fingerprint density at radius 3 is 2.57 bits per heavy atom. The van der Waals surface area contributed by atoms with Gasteiger partial charge in [-0.25, -0.2) is 4.39 Å². The number of hydrogen-bond acceptors (Lipinski definition) is 4. The largest absolute Gasteiger partial charge is 0.554 e. The summed E-state index contributed by atoms with van der Waals surface area (Å²) in [4.78, 5) is 35.9. The molecular formula is C20H20ClFN4O4. The van der Waals surface area contributed by atoms with Crippen LogP contribution >= 0.6 is 11.6 Å². The van der Waals surface area contributed by atoms with Crippen molar-refractivity contribution in [3.05, 3.63) is 70.0 Å². The number of benzene rings is 2. The number of amides is 1. The van der Waals surface area contributed by atoms with E-state index in [0.29, 0.717) is 12.0 Å². The number of guanidine groups is 1. The number of nitrogens with two attached hydrogens (primary N) is 2. The topological polar surface area (TPSA) is 152 Å². The molecule has 2 aromatic carbocycles. The Morgan fingerprint density at radius 2 is 1.93 bits per heavy atom. The molecule has 0 unspecified atom stereocenters. The van der Waals surface area contributed by atoms with E-state index in [9.17, 15) is 14.0 Å². The molecule has 1 aliphatic carbocycles. The standard InChI is InChI=1S/C19H18ClFN4O2.CH2O2/c20-13-6-5-10(7-14(13)21)8-16(26)18(27)25-17-12-4-2-1-3-11(12)9-15(17)24-19(22)23;2-1-3/h1-7,15,17H,8-9H2,(H,25,27)(H4,22,23,24);1H,(H,2,3)/t15-,17-;/m0./s1. The Bertz CT molecular complexity index is 979. The van der Waals surface area contributed by atoms with Crippen molar-refractivity contribution in [1.29, 1.82) is 0 Å². The summed E-state index contributed by atoms with van der Waals surface area (Å²) in [5, 5.41) is 11.0. The van der Waals surface area contributed by atoms with E-state index < -0.39 is 30.0 Å². The third-order valence-corrected chi connectivity index (χ3v) is 4.78. The highest BCUT2D eigenvalue weighted by atomic mass is 35.5. The normalized spacial score (nSPS) is 16.5. The number of carbonyl (C=O) groups is 3. The first-order valence-electron chi connectivity index (χ1n) is 8.82. The molecule has 0 heterocycles. The summed E-state index contributed by atoms with van der Waals surface area (Å²) in [5.74, 6) is -2.03. The Morgan fingerprint density at radius 1 is 1.27 bits per heavy atom. The van der Waals surface area contributed by atoms with E-state index in [2.05, 4.69) is 10.3 Å². The molecule has 0 saturated carbocycles. The molecule has 6 N–H and O–H groups in total. The minimum Gasteiger partial charge on any atom is -0.554 e. The van der Waals surface area contributed by atoms with Crippen molar-refractivity contribution in [3.63, 3.8) is 0 Å².